The summed E-state index contributed by atoms with van der Waals surface area (Å²) in [6.07, 6.45) is 2.48. The molecule has 0 fully saturated rings. The molecule has 0 spiro atoms. The summed E-state index contributed by atoms with van der Waals surface area (Å²) < 4.78 is 0. The molecular formula is C15H35N3. The second-order valence-electron chi connectivity index (χ2n) is 6.37. The van der Waals surface area contributed by atoms with Gasteiger partial charge in [-0.15, -0.1) is 0 Å². The maximum Gasteiger partial charge on any atom is 0.00447 e. The van der Waals surface area contributed by atoms with E-state index in [1.165, 1.54) is 32.5 Å². The van der Waals surface area contributed by atoms with E-state index in [-0.39, 0.29) is 0 Å². The fraction of sp³-hybridized carbons (Fsp3) is 1.00. The van der Waals surface area contributed by atoms with Gasteiger partial charge in [-0.2, -0.15) is 0 Å². The molecule has 0 atom stereocenters. The van der Waals surface area contributed by atoms with Gasteiger partial charge >= 0.3 is 0 Å². The smallest absolute Gasteiger partial charge is 0.00447 e. The topological polar surface area (TPSA) is 18.5 Å². The number of hydrogen-bond donors (Lipinski definition) is 1. The third kappa shape index (κ3) is 9.86. The second-order valence-corrected chi connectivity index (χ2v) is 6.37. The van der Waals surface area contributed by atoms with E-state index in [0.717, 1.165) is 19.6 Å². The largest absolute Gasteiger partial charge is 0.316 e. The summed E-state index contributed by atoms with van der Waals surface area (Å²) >= 11 is 0. The molecule has 1 N–H and O–H groups in total. The fourth-order valence-electron chi connectivity index (χ4n) is 2.22. The molecule has 0 aliphatic heterocycles. The van der Waals surface area contributed by atoms with Gasteiger partial charge in [-0.25, -0.2) is 0 Å². The van der Waals surface area contributed by atoms with Gasteiger partial charge in [0, 0.05) is 13.1 Å². The Kier molecular flexibility index (Phi) is 9.70. The zero-order chi connectivity index (χ0) is 14.0. The zero-order valence-electron chi connectivity index (χ0n) is 13.6. The lowest BCUT2D eigenvalue weighted by Crippen LogP contribution is -2.41. The van der Waals surface area contributed by atoms with Crippen LogP contribution in [0.15, 0.2) is 0 Å². The minimum absolute atomic E-state index is 0.364. The molecule has 0 aromatic carbocycles. The van der Waals surface area contributed by atoms with Crippen molar-refractivity contribution in [3.63, 3.8) is 0 Å². The Morgan fingerprint density at radius 2 is 1.72 bits per heavy atom. The molecule has 0 saturated carbocycles. The zero-order valence-corrected chi connectivity index (χ0v) is 13.6. The lowest BCUT2D eigenvalue weighted by molar-refractivity contribution is 0.175. The molecule has 0 amide bonds. The van der Waals surface area contributed by atoms with Gasteiger partial charge in [0.1, 0.15) is 0 Å². The van der Waals surface area contributed by atoms with Crippen LogP contribution in [0.4, 0.5) is 0 Å². The normalized spacial score (nSPS) is 12.7. The van der Waals surface area contributed by atoms with E-state index in [2.05, 4.69) is 56.9 Å². The Balaban J connectivity index is 3.93. The van der Waals surface area contributed by atoms with E-state index < -0.39 is 0 Å². The van der Waals surface area contributed by atoms with Crippen LogP contribution in [-0.2, 0) is 0 Å². The van der Waals surface area contributed by atoms with Crippen molar-refractivity contribution in [1.82, 2.24) is 15.1 Å². The average Bonchev–Trinajstić information content (AvgIpc) is 2.27. The van der Waals surface area contributed by atoms with Crippen molar-refractivity contribution in [2.45, 2.75) is 40.5 Å². The minimum atomic E-state index is 0.364. The van der Waals surface area contributed by atoms with Crippen molar-refractivity contribution in [2.24, 2.45) is 5.41 Å². The maximum atomic E-state index is 3.54. The molecule has 0 aliphatic rings. The number of nitrogens with zero attached hydrogens (tertiary/aromatic N) is 2. The van der Waals surface area contributed by atoms with Gasteiger partial charge in [0.15, 0.2) is 0 Å². The maximum absolute atomic E-state index is 3.54. The molecule has 0 unspecified atom stereocenters. The van der Waals surface area contributed by atoms with E-state index in [1.54, 1.807) is 0 Å². The van der Waals surface area contributed by atoms with Crippen LogP contribution in [0.3, 0.4) is 0 Å². The van der Waals surface area contributed by atoms with E-state index >= 15 is 0 Å². The summed E-state index contributed by atoms with van der Waals surface area (Å²) in [7, 11) is 4.30. The average molecular weight is 257 g/mol. The first-order valence-electron chi connectivity index (χ1n) is 7.49. The predicted molar refractivity (Wildman–Crippen MR) is 82.2 cm³/mol. The fourth-order valence-corrected chi connectivity index (χ4v) is 2.22. The summed E-state index contributed by atoms with van der Waals surface area (Å²) in [6.45, 7) is 16.2. The molecule has 0 rings (SSSR count). The van der Waals surface area contributed by atoms with Gasteiger partial charge < -0.3 is 15.1 Å². The Morgan fingerprint density at radius 1 is 1.06 bits per heavy atom. The molecule has 110 valence electrons. The van der Waals surface area contributed by atoms with Crippen molar-refractivity contribution in [3.05, 3.63) is 0 Å². The summed E-state index contributed by atoms with van der Waals surface area (Å²) in [6, 6.07) is 0. The van der Waals surface area contributed by atoms with Gasteiger partial charge in [0.25, 0.3) is 0 Å². The van der Waals surface area contributed by atoms with Gasteiger partial charge in [0.2, 0.25) is 0 Å². The van der Waals surface area contributed by atoms with E-state index in [9.17, 15) is 0 Å². The highest BCUT2D eigenvalue weighted by Crippen LogP contribution is 2.16. The molecule has 3 nitrogen and oxygen atoms in total. The van der Waals surface area contributed by atoms with Crippen LogP contribution >= 0.6 is 0 Å². The SMILES string of the molecule is CCCNCC(C)(C)CN(CC)CCCN(C)C. The number of rotatable bonds is 11. The first-order chi connectivity index (χ1) is 8.41. The highest BCUT2D eigenvalue weighted by molar-refractivity contribution is 4.76. The Bertz CT molecular complexity index is 190. The minimum Gasteiger partial charge on any atom is -0.316 e. The van der Waals surface area contributed by atoms with Gasteiger partial charge in [-0.3, -0.25) is 0 Å². The van der Waals surface area contributed by atoms with Crippen LogP contribution in [0.25, 0.3) is 0 Å². The molecule has 0 saturated heterocycles. The van der Waals surface area contributed by atoms with Crippen LogP contribution < -0.4 is 5.32 Å². The molecule has 0 aromatic heterocycles. The predicted octanol–water partition coefficient (Wildman–Crippen LogP) is 2.29. The van der Waals surface area contributed by atoms with Crippen molar-refractivity contribution < 1.29 is 0 Å². The lowest BCUT2D eigenvalue weighted by Gasteiger charge is -2.32. The van der Waals surface area contributed by atoms with Crippen LogP contribution in [-0.4, -0.2) is 63.2 Å². The van der Waals surface area contributed by atoms with Crippen molar-refractivity contribution in [3.8, 4) is 0 Å². The number of nitrogens with one attached hydrogen (secondary N) is 1. The summed E-state index contributed by atoms with van der Waals surface area (Å²) in [5.41, 5.74) is 0.364. The molecule has 0 aromatic rings. The third-order valence-corrected chi connectivity index (χ3v) is 3.21. The second kappa shape index (κ2) is 9.76. The van der Waals surface area contributed by atoms with Crippen molar-refractivity contribution in [2.75, 3.05) is 53.4 Å². The first kappa shape index (κ1) is 17.9. The summed E-state index contributed by atoms with van der Waals surface area (Å²) in [4.78, 5) is 4.85. The van der Waals surface area contributed by atoms with Crippen molar-refractivity contribution >= 4 is 0 Å². The summed E-state index contributed by atoms with van der Waals surface area (Å²) in [5, 5.41) is 3.54. The highest BCUT2D eigenvalue weighted by Gasteiger charge is 2.20. The van der Waals surface area contributed by atoms with E-state index in [1.807, 2.05) is 0 Å². The lowest BCUT2D eigenvalue weighted by atomic mass is 9.92. The Hall–Kier alpha value is -0.120. The van der Waals surface area contributed by atoms with E-state index in [0.29, 0.717) is 5.41 Å². The Labute approximate surface area is 115 Å². The standard InChI is InChI=1S/C15H35N3/c1-7-10-16-13-15(3,4)14-18(8-2)12-9-11-17(5)6/h16H,7-14H2,1-6H3. The summed E-state index contributed by atoms with van der Waals surface area (Å²) in [5.74, 6) is 0. The van der Waals surface area contributed by atoms with Gasteiger partial charge in [-0.1, -0.05) is 27.7 Å². The molecular weight excluding hydrogens is 222 g/mol. The monoisotopic (exact) mass is 257 g/mol. The van der Waals surface area contributed by atoms with Gasteiger partial charge in [-0.05, 0) is 58.5 Å². The van der Waals surface area contributed by atoms with Gasteiger partial charge in [0.05, 0.1) is 0 Å². The highest BCUT2D eigenvalue weighted by atomic mass is 15.1. The molecule has 3 heteroatoms. The first-order valence-corrected chi connectivity index (χ1v) is 7.49. The van der Waals surface area contributed by atoms with Crippen molar-refractivity contribution in [1.29, 1.82) is 0 Å². The van der Waals surface area contributed by atoms with Crippen LogP contribution in [0, 0.1) is 5.41 Å². The van der Waals surface area contributed by atoms with Crippen LogP contribution in [0.1, 0.15) is 40.5 Å². The molecule has 18 heavy (non-hydrogen) atoms. The number of hydrogen-bond acceptors (Lipinski definition) is 3. The molecule has 0 bridgehead atoms. The van der Waals surface area contributed by atoms with Crippen LogP contribution in [0.5, 0.6) is 0 Å². The quantitative estimate of drug-likeness (QED) is 0.573. The molecule has 0 radical (unpaired) electrons. The molecule has 0 heterocycles. The molecule has 0 aliphatic carbocycles. The third-order valence-electron chi connectivity index (χ3n) is 3.21. The van der Waals surface area contributed by atoms with E-state index in [4.69, 9.17) is 0 Å². The Morgan fingerprint density at radius 3 is 2.22 bits per heavy atom. The van der Waals surface area contributed by atoms with Crippen LogP contribution in [0.2, 0.25) is 0 Å².